The Bertz CT molecular complexity index is 380. The van der Waals surface area contributed by atoms with Gasteiger partial charge in [0.15, 0.2) is 11.6 Å². The molecule has 88 valence electrons. The third kappa shape index (κ3) is 3.66. The summed E-state index contributed by atoms with van der Waals surface area (Å²) in [7, 11) is 0. The number of aliphatic hydroxyl groups excluding tert-OH is 1. The number of ether oxygens (including phenoxy) is 1. The summed E-state index contributed by atoms with van der Waals surface area (Å²) in [6.45, 7) is 5.86. The largest absolute Gasteiger partial charge is 0.486 e. The maximum Gasteiger partial charge on any atom is 0.165 e. The number of aliphatic hydroxyl groups is 1. The summed E-state index contributed by atoms with van der Waals surface area (Å²) < 4.78 is 18.7. The number of halogens is 1. The van der Waals surface area contributed by atoms with Gasteiger partial charge in [-0.2, -0.15) is 0 Å². The minimum atomic E-state index is -0.665. The first-order valence-corrected chi connectivity index (χ1v) is 5.24. The molecule has 3 heteroatoms. The van der Waals surface area contributed by atoms with Crippen LogP contribution in [0, 0.1) is 5.82 Å². The molecule has 0 aliphatic rings. The number of hydrogen-bond donors (Lipinski definition) is 1. The van der Waals surface area contributed by atoms with Crippen LogP contribution < -0.4 is 4.74 Å². The zero-order chi connectivity index (χ0) is 12.1. The molecule has 0 aliphatic heterocycles. The summed E-state index contributed by atoms with van der Waals surface area (Å²) in [6, 6.07) is 4.49. The van der Waals surface area contributed by atoms with Crippen molar-refractivity contribution in [2.45, 2.75) is 26.9 Å². The molecule has 0 saturated carbocycles. The Morgan fingerprint density at radius 3 is 2.69 bits per heavy atom. The minimum Gasteiger partial charge on any atom is -0.486 e. The molecule has 1 aromatic carbocycles. The van der Waals surface area contributed by atoms with E-state index in [2.05, 4.69) is 0 Å². The molecule has 0 amide bonds. The summed E-state index contributed by atoms with van der Waals surface area (Å²) in [6.07, 6.45) is 1.21. The van der Waals surface area contributed by atoms with Crippen LogP contribution >= 0.6 is 0 Å². The first-order valence-electron chi connectivity index (χ1n) is 5.24. The van der Waals surface area contributed by atoms with Crippen LogP contribution in [-0.2, 0) is 0 Å². The quantitative estimate of drug-likeness (QED) is 0.796. The number of rotatable bonds is 4. The van der Waals surface area contributed by atoms with Gasteiger partial charge in [-0.25, -0.2) is 4.39 Å². The molecule has 1 aromatic rings. The first kappa shape index (κ1) is 12.7. The lowest BCUT2D eigenvalue weighted by molar-refractivity contribution is 0.198. The average molecular weight is 224 g/mol. The molecular formula is C13H17FO2. The van der Waals surface area contributed by atoms with Crippen LogP contribution in [0.3, 0.4) is 0 Å². The fourth-order valence-corrected chi connectivity index (χ4v) is 1.19. The third-order valence-electron chi connectivity index (χ3n) is 2.17. The molecule has 1 N–H and O–H groups in total. The Morgan fingerprint density at radius 2 is 2.19 bits per heavy atom. The van der Waals surface area contributed by atoms with Gasteiger partial charge in [0.1, 0.15) is 6.61 Å². The highest BCUT2D eigenvalue weighted by atomic mass is 19.1. The molecule has 0 spiro atoms. The van der Waals surface area contributed by atoms with Crippen LogP contribution in [0.4, 0.5) is 4.39 Å². The lowest BCUT2D eigenvalue weighted by atomic mass is 10.1. The van der Waals surface area contributed by atoms with Gasteiger partial charge >= 0.3 is 0 Å². The Kier molecular flexibility index (Phi) is 4.50. The van der Waals surface area contributed by atoms with Crippen molar-refractivity contribution in [1.82, 2.24) is 0 Å². The minimum absolute atomic E-state index is 0.210. The van der Waals surface area contributed by atoms with E-state index < -0.39 is 11.9 Å². The van der Waals surface area contributed by atoms with E-state index in [0.29, 0.717) is 12.2 Å². The van der Waals surface area contributed by atoms with E-state index in [1.807, 2.05) is 19.9 Å². The zero-order valence-corrected chi connectivity index (χ0v) is 9.83. The molecule has 2 nitrogen and oxygen atoms in total. The van der Waals surface area contributed by atoms with Gasteiger partial charge in [0.05, 0.1) is 6.10 Å². The topological polar surface area (TPSA) is 29.5 Å². The van der Waals surface area contributed by atoms with Crippen LogP contribution in [0.15, 0.2) is 29.8 Å². The molecule has 16 heavy (non-hydrogen) atoms. The van der Waals surface area contributed by atoms with E-state index in [1.165, 1.54) is 12.1 Å². The van der Waals surface area contributed by atoms with Crippen LogP contribution in [0.2, 0.25) is 0 Å². The van der Waals surface area contributed by atoms with Crippen molar-refractivity contribution in [2.75, 3.05) is 6.61 Å². The van der Waals surface area contributed by atoms with Gasteiger partial charge < -0.3 is 9.84 Å². The van der Waals surface area contributed by atoms with E-state index in [0.717, 1.165) is 5.57 Å². The van der Waals surface area contributed by atoms with Gasteiger partial charge in [0.25, 0.3) is 0 Å². The fraction of sp³-hybridized carbons (Fsp3) is 0.385. The number of benzene rings is 1. The molecule has 1 atom stereocenters. The van der Waals surface area contributed by atoms with E-state index in [4.69, 9.17) is 4.74 Å². The summed E-state index contributed by atoms with van der Waals surface area (Å²) >= 11 is 0. The Morgan fingerprint density at radius 1 is 1.50 bits per heavy atom. The number of allylic oxidation sites excluding steroid dienone is 1. The van der Waals surface area contributed by atoms with Crippen molar-refractivity contribution in [3.63, 3.8) is 0 Å². The van der Waals surface area contributed by atoms with Gasteiger partial charge in [0.2, 0.25) is 0 Å². The highest BCUT2D eigenvalue weighted by Gasteiger charge is 2.07. The second-order valence-electron chi connectivity index (χ2n) is 3.96. The van der Waals surface area contributed by atoms with Gasteiger partial charge in [0, 0.05) is 0 Å². The zero-order valence-electron chi connectivity index (χ0n) is 9.83. The van der Waals surface area contributed by atoms with Crippen LogP contribution in [0.25, 0.3) is 0 Å². The summed E-state index contributed by atoms with van der Waals surface area (Å²) in [4.78, 5) is 0. The molecule has 0 radical (unpaired) electrons. The van der Waals surface area contributed by atoms with Gasteiger partial charge in [-0.15, -0.1) is 0 Å². The van der Waals surface area contributed by atoms with E-state index in [1.54, 1.807) is 13.0 Å². The molecule has 0 bridgehead atoms. The van der Waals surface area contributed by atoms with Crippen molar-refractivity contribution < 1.29 is 14.2 Å². The second-order valence-corrected chi connectivity index (χ2v) is 3.96. The van der Waals surface area contributed by atoms with Crippen LogP contribution in [-0.4, -0.2) is 11.7 Å². The predicted molar refractivity (Wildman–Crippen MR) is 62.0 cm³/mol. The second kappa shape index (κ2) is 5.66. The molecule has 0 aliphatic carbocycles. The van der Waals surface area contributed by atoms with Crippen LogP contribution in [0.1, 0.15) is 32.4 Å². The highest BCUT2D eigenvalue weighted by molar-refractivity contribution is 5.30. The average Bonchev–Trinajstić information content (AvgIpc) is 2.19. The molecule has 0 saturated heterocycles. The van der Waals surface area contributed by atoms with Gasteiger partial charge in [-0.3, -0.25) is 0 Å². The van der Waals surface area contributed by atoms with E-state index >= 15 is 0 Å². The standard InChI is InChI=1S/C13H17FO2/c1-9(2)6-7-16-13-5-4-11(10(3)15)8-12(13)14/h4-6,8,10,15H,7H2,1-3H3. The summed E-state index contributed by atoms with van der Waals surface area (Å²) in [5.74, 6) is -0.234. The molecule has 1 rings (SSSR count). The first-order chi connectivity index (χ1) is 7.50. The van der Waals surface area contributed by atoms with E-state index in [-0.39, 0.29) is 5.75 Å². The maximum absolute atomic E-state index is 13.5. The maximum atomic E-state index is 13.5. The lowest BCUT2D eigenvalue weighted by Crippen LogP contribution is -1.99. The van der Waals surface area contributed by atoms with Gasteiger partial charge in [-0.05, 0) is 44.5 Å². The van der Waals surface area contributed by atoms with Crippen molar-refractivity contribution in [1.29, 1.82) is 0 Å². The normalized spacial score (nSPS) is 12.1. The Hall–Kier alpha value is -1.35. The molecule has 1 unspecified atom stereocenters. The van der Waals surface area contributed by atoms with Gasteiger partial charge in [-0.1, -0.05) is 11.6 Å². The van der Waals surface area contributed by atoms with Crippen molar-refractivity contribution in [3.8, 4) is 5.75 Å². The predicted octanol–water partition coefficient (Wildman–Crippen LogP) is 3.22. The van der Waals surface area contributed by atoms with Crippen LogP contribution in [0.5, 0.6) is 5.75 Å². The summed E-state index contributed by atoms with van der Waals surface area (Å²) in [5.41, 5.74) is 1.67. The molecule has 0 aromatic heterocycles. The Labute approximate surface area is 95.4 Å². The fourth-order valence-electron chi connectivity index (χ4n) is 1.19. The SMILES string of the molecule is CC(C)=CCOc1ccc(C(C)O)cc1F. The summed E-state index contributed by atoms with van der Waals surface area (Å²) in [5, 5.41) is 9.27. The highest BCUT2D eigenvalue weighted by Crippen LogP contribution is 2.21. The Balaban J connectivity index is 2.72. The van der Waals surface area contributed by atoms with Crippen molar-refractivity contribution in [2.24, 2.45) is 0 Å². The molecular weight excluding hydrogens is 207 g/mol. The smallest absolute Gasteiger partial charge is 0.165 e. The van der Waals surface area contributed by atoms with Crippen molar-refractivity contribution in [3.05, 3.63) is 41.2 Å². The molecule has 0 heterocycles. The van der Waals surface area contributed by atoms with E-state index in [9.17, 15) is 9.50 Å². The lowest BCUT2D eigenvalue weighted by Gasteiger charge is -2.08. The third-order valence-corrected chi connectivity index (χ3v) is 2.17. The van der Waals surface area contributed by atoms with Crippen molar-refractivity contribution >= 4 is 0 Å². The number of hydrogen-bond acceptors (Lipinski definition) is 2. The monoisotopic (exact) mass is 224 g/mol. The molecule has 0 fully saturated rings.